The molecule has 0 radical (unpaired) electrons. The number of benzene rings is 2. The second kappa shape index (κ2) is 6.72. The first-order valence-electron chi connectivity index (χ1n) is 6.76. The molecule has 0 aliphatic rings. The number of rotatable bonds is 5. The van der Waals surface area contributed by atoms with Crippen molar-refractivity contribution in [3.05, 3.63) is 60.2 Å². The van der Waals surface area contributed by atoms with Gasteiger partial charge in [-0.3, -0.25) is 4.79 Å². The van der Waals surface area contributed by atoms with Gasteiger partial charge in [0, 0.05) is 19.8 Å². The van der Waals surface area contributed by atoms with Crippen LogP contribution in [0.1, 0.15) is 5.56 Å². The first kappa shape index (κ1) is 16.2. The number of nitrogens with one attached hydrogen (secondary N) is 1. The van der Waals surface area contributed by atoms with Gasteiger partial charge >= 0.3 is 0 Å². The monoisotopic (exact) mass is 318 g/mol. The lowest BCUT2D eigenvalue weighted by atomic mass is 10.1. The fraction of sp³-hybridized carbons (Fsp3) is 0.188. The van der Waals surface area contributed by atoms with Gasteiger partial charge in [-0.05, 0) is 29.8 Å². The van der Waals surface area contributed by atoms with Crippen LogP contribution in [0.2, 0.25) is 0 Å². The van der Waals surface area contributed by atoms with E-state index in [2.05, 4.69) is 5.32 Å². The standard InChI is InChI=1S/C16H18N2O3S/c1-18(2)22(20,21)15-10-8-13(9-11-15)12-16(19)17-14-6-4-3-5-7-14/h3-11H,12H2,1-2H3,(H,17,19). The molecule has 22 heavy (non-hydrogen) atoms. The Balaban J connectivity index is 2.04. The summed E-state index contributed by atoms with van der Waals surface area (Å²) in [6.45, 7) is 0. The second-order valence-corrected chi connectivity index (χ2v) is 7.17. The van der Waals surface area contributed by atoms with Crippen molar-refractivity contribution < 1.29 is 13.2 Å². The highest BCUT2D eigenvalue weighted by Gasteiger charge is 2.16. The van der Waals surface area contributed by atoms with Gasteiger partial charge in [0.05, 0.1) is 11.3 Å². The molecule has 2 aromatic rings. The minimum absolute atomic E-state index is 0.144. The predicted molar refractivity (Wildman–Crippen MR) is 86.1 cm³/mol. The maximum atomic E-state index is 12.0. The van der Waals surface area contributed by atoms with Gasteiger partial charge in [0.15, 0.2) is 0 Å². The molecule has 0 fully saturated rings. The Morgan fingerprint density at radius 3 is 2.14 bits per heavy atom. The molecule has 0 saturated heterocycles. The fourth-order valence-electron chi connectivity index (χ4n) is 1.90. The summed E-state index contributed by atoms with van der Waals surface area (Å²) in [6.07, 6.45) is 0.192. The molecule has 0 spiro atoms. The van der Waals surface area contributed by atoms with Crippen molar-refractivity contribution in [2.45, 2.75) is 11.3 Å². The van der Waals surface area contributed by atoms with E-state index in [4.69, 9.17) is 0 Å². The number of para-hydroxylation sites is 1. The van der Waals surface area contributed by atoms with Gasteiger partial charge in [0.25, 0.3) is 0 Å². The third-order valence-corrected chi connectivity index (χ3v) is 4.95. The number of amides is 1. The summed E-state index contributed by atoms with van der Waals surface area (Å²) >= 11 is 0. The molecule has 6 heteroatoms. The van der Waals surface area contributed by atoms with E-state index < -0.39 is 10.0 Å². The number of carbonyl (C=O) groups excluding carboxylic acids is 1. The molecule has 0 heterocycles. The minimum atomic E-state index is -3.44. The lowest BCUT2D eigenvalue weighted by Crippen LogP contribution is -2.22. The normalized spacial score (nSPS) is 11.4. The molecule has 2 rings (SSSR count). The summed E-state index contributed by atoms with van der Waals surface area (Å²) < 4.78 is 25.1. The van der Waals surface area contributed by atoms with E-state index in [1.807, 2.05) is 30.3 Å². The lowest BCUT2D eigenvalue weighted by molar-refractivity contribution is -0.115. The molecule has 116 valence electrons. The molecular weight excluding hydrogens is 300 g/mol. The Kier molecular flexibility index (Phi) is 4.95. The predicted octanol–water partition coefficient (Wildman–Crippen LogP) is 2.12. The Labute approximate surface area is 130 Å². The highest BCUT2D eigenvalue weighted by molar-refractivity contribution is 7.89. The number of nitrogens with zero attached hydrogens (tertiary/aromatic N) is 1. The fourth-order valence-corrected chi connectivity index (χ4v) is 2.80. The third-order valence-electron chi connectivity index (χ3n) is 3.12. The van der Waals surface area contributed by atoms with E-state index in [1.165, 1.54) is 26.2 Å². The average molecular weight is 318 g/mol. The minimum Gasteiger partial charge on any atom is -0.326 e. The zero-order valence-corrected chi connectivity index (χ0v) is 13.3. The lowest BCUT2D eigenvalue weighted by Gasteiger charge is -2.11. The van der Waals surface area contributed by atoms with Gasteiger partial charge < -0.3 is 5.32 Å². The number of sulfonamides is 1. The van der Waals surface area contributed by atoms with Crippen LogP contribution >= 0.6 is 0 Å². The number of hydrogen-bond donors (Lipinski definition) is 1. The summed E-state index contributed by atoms with van der Waals surface area (Å²) in [5, 5.41) is 2.79. The Morgan fingerprint density at radius 1 is 1.00 bits per heavy atom. The van der Waals surface area contributed by atoms with Gasteiger partial charge in [-0.1, -0.05) is 30.3 Å². The smallest absolute Gasteiger partial charge is 0.242 e. The summed E-state index contributed by atoms with van der Waals surface area (Å²) in [4.78, 5) is 12.1. The molecule has 5 nitrogen and oxygen atoms in total. The molecule has 0 atom stereocenters. The van der Waals surface area contributed by atoms with Gasteiger partial charge in [0.1, 0.15) is 0 Å². The topological polar surface area (TPSA) is 66.5 Å². The number of hydrogen-bond acceptors (Lipinski definition) is 3. The molecule has 0 aromatic heterocycles. The van der Waals surface area contributed by atoms with Crippen LogP contribution in [0.5, 0.6) is 0 Å². The van der Waals surface area contributed by atoms with Crippen molar-refractivity contribution in [2.75, 3.05) is 19.4 Å². The van der Waals surface area contributed by atoms with Crippen LogP contribution in [0.4, 0.5) is 5.69 Å². The van der Waals surface area contributed by atoms with Gasteiger partial charge in [-0.15, -0.1) is 0 Å². The van der Waals surface area contributed by atoms with Crippen LogP contribution in [-0.2, 0) is 21.2 Å². The van der Waals surface area contributed by atoms with Gasteiger partial charge in [-0.2, -0.15) is 0 Å². The first-order chi connectivity index (χ1) is 10.4. The van der Waals surface area contributed by atoms with Gasteiger partial charge in [0.2, 0.25) is 15.9 Å². The van der Waals surface area contributed by atoms with Crippen LogP contribution in [0.15, 0.2) is 59.5 Å². The van der Waals surface area contributed by atoms with Crippen LogP contribution < -0.4 is 5.32 Å². The SMILES string of the molecule is CN(C)S(=O)(=O)c1ccc(CC(=O)Nc2ccccc2)cc1. The van der Waals surface area contributed by atoms with Crippen molar-refractivity contribution in [2.24, 2.45) is 0 Å². The van der Waals surface area contributed by atoms with Crippen molar-refractivity contribution >= 4 is 21.6 Å². The molecular formula is C16H18N2O3S. The van der Waals surface area contributed by atoms with Crippen molar-refractivity contribution in [1.82, 2.24) is 4.31 Å². The van der Waals surface area contributed by atoms with Crippen LogP contribution in [0, 0.1) is 0 Å². The largest absolute Gasteiger partial charge is 0.326 e. The van der Waals surface area contributed by atoms with E-state index >= 15 is 0 Å². The third kappa shape index (κ3) is 3.93. The first-order valence-corrected chi connectivity index (χ1v) is 8.20. The zero-order valence-electron chi connectivity index (χ0n) is 12.5. The highest BCUT2D eigenvalue weighted by atomic mass is 32.2. The maximum Gasteiger partial charge on any atom is 0.242 e. The molecule has 0 saturated carbocycles. The Bertz CT molecular complexity index is 739. The van der Waals surface area contributed by atoms with Crippen molar-refractivity contribution in [3.63, 3.8) is 0 Å². The van der Waals surface area contributed by atoms with Gasteiger partial charge in [-0.25, -0.2) is 12.7 Å². The molecule has 0 bridgehead atoms. The highest BCUT2D eigenvalue weighted by Crippen LogP contribution is 2.14. The molecule has 1 N–H and O–H groups in total. The van der Waals surface area contributed by atoms with E-state index in [1.54, 1.807) is 12.1 Å². The molecule has 0 aliphatic heterocycles. The van der Waals surface area contributed by atoms with E-state index in [-0.39, 0.29) is 17.2 Å². The van der Waals surface area contributed by atoms with E-state index in [0.717, 1.165) is 15.6 Å². The molecule has 1 amide bonds. The van der Waals surface area contributed by atoms with E-state index in [9.17, 15) is 13.2 Å². The number of carbonyl (C=O) groups is 1. The zero-order chi connectivity index (χ0) is 16.2. The quantitative estimate of drug-likeness (QED) is 0.918. The molecule has 2 aromatic carbocycles. The summed E-state index contributed by atoms with van der Waals surface area (Å²) in [5.74, 6) is -0.144. The van der Waals surface area contributed by atoms with Crippen LogP contribution in [0.3, 0.4) is 0 Å². The Morgan fingerprint density at radius 2 is 1.59 bits per heavy atom. The van der Waals surface area contributed by atoms with Crippen LogP contribution in [0.25, 0.3) is 0 Å². The van der Waals surface area contributed by atoms with Crippen molar-refractivity contribution in [3.8, 4) is 0 Å². The van der Waals surface area contributed by atoms with Crippen molar-refractivity contribution in [1.29, 1.82) is 0 Å². The molecule has 0 unspecified atom stereocenters. The summed E-state index contributed by atoms with van der Waals surface area (Å²) in [7, 11) is -0.473. The van der Waals surface area contributed by atoms with Crippen LogP contribution in [-0.4, -0.2) is 32.7 Å². The Hall–Kier alpha value is -2.18. The maximum absolute atomic E-state index is 12.0. The second-order valence-electron chi connectivity index (χ2n) is 5.02. The summed E-state index contributed by atoms with van der Waals surface area (Å²) in [5.41, 5.74) is 1.49. The summed E-state index contributed by atoms with van der Waals surface area (Å²) in [6, 6.07) is 15.5. The number of anilines is 1. The van der Waals surface area contributed by atoms with E-state index in [0.29, 0.717) is 0 Å². The average Bonchev–Trinajstić information content (AvgIpc) is 2.48. The molecule has 0 aliphatic carbocycles.